The fourth-order valence-corrected chi connectivity index (χ4v) is 2.88. The highest BCUT2D eigenvalue weighted by atomic mass is 16.5. The maximum atomic E-state index is 6.23. The van der Waals surface area contributed by atoms with E-state index in [1.807, 2.05) is 0 Å². The average molecular weight is 261 g/mol. The van der Waals surface area contributed by atoms with Gasteiger partial charge in [-0.2, -0.15) is 0 Å². The Balaban J connectivity index is 1.72. The Morgan fingerprint density at radius 1 is 1.16 bits per heavy atom. The van der Waals surface area contributed by atoms with Crippen LogP contribution in [0, 0.1) is 5.92 Å². The van der Waals surface area contributed by atoms with E-state index in [1.54, 1.807) is 0 Å². The second-order valence-electron chi connectivity index (χ2n) is 6.07. The van der Waals surface area contributed by atoms with E-state index in [0.717, 1.165) is 24.7 Å². The molecule has 1 aliphatic carbocycles. The number of hydrogen-bond acceptors (Lipinski definition) is 2. The molecule has 0 heterocycles. The topological polar surface area (TPSA) is 35.2 Å². The molecule has 0 amide bonds. The summed E-state index contributed by atoms with van der Waals surface area (Å²) in [7, 11) is 0. The lowest BCUT2D eigenvalue weighted by Gasteiger charge is -2.18. The molecular weight excluding hydrogens is 234 g/mol. The summed E-state index contributed by atoms with van der Waals surface area (Å²) in [4.78, 5) is 0. The molecule has 1 saturated carbocycles. The van der Waals surface area contributed by atoms with Gasteiger partial charge in [0.15, 0.2) is 0 Å². The van der Waals surface area contributed by atoms with Crippen molar-refractivity contribution in [2.45, 2.75) is 57.9 Å². The zero-order valence-corrected chi connectivity index (χ0v) is 12.3. The van der Waals surface area contributed by atoms with Crippen LogP contribution < -0.4 is 10.5 Å². The van der Waals surface area contributed by atoms with Gasteiger partial charge in [0.1, 0.15) is 5.75 Å². The van der Waals surface area contributed by atoms with Crippen LogP contribution in [0.1, 0.15) is 57.4 Å². The van der Waals surface area contributed by atoms with E-state index in [0.29, 0.717) is 12.0 Å². The molecule has 1 unspecified atom stereocenters. The number of ether oxygens (including phenoxy) is 1. The molecule has 1 aliphatic rings. The third kappa shape index (κ3) is 4.24. The molecule has 0 spiro atoms. The molecule has 2 rings (SSSR count). The van der Waals surface area contributed by atoms with Crippen LogP contribution in [0.5, 0.6) is 5.75 Å². The van der Waals surface area contributed by atoms with Crippen LogP contribution in [0.2, 0.25) is 0 Å². The summed E-state index contributed by atoms with van der Waals surface area (Å²) in [5.41, 5.74) is 7.58. The molecule has 0 bridgehead atoms. The van der Waals surface area contributed by atoms with Crippen molar-refractivity contribution in [1.82, 2.24) is 0 Å². The van der Waals surface area contributed by atoms with Gasteiger partial charge in [0, 0.05) is 6.04 Å². The maximum absolute atomic E-state index is 6.23. The lowest BCUT2D eigenvalue weighted by Crippen LogP contribution is -2.30. The third-order valence-electron chi connectivity index (χ3n) is 4.27. The molecule has 2 heteroatoms. The number of benzene rings is 1. The smallest absolute Gasteiger partial charge is 0.119 e. The van der Waals surface area contributed by atoms with Crippen LogP contribution in [-0.4, -0.2) is 12.6 Å². The summed E-state index contributed by atoms with van der Waals surface area (Å²) in [6, 6.07) is 8.75. The van der Waals surface area contributed by atoms with Crippen molar-refractivity contribution < 1.29 is 4.74 Å². The minimum atomic E-state index is 0.317. The largest absolute Gasteiger partial charge is 0.494 e. The standard InChI is InChI=1S/C17H27NO/c1-13(2)14-7-9-16(10-8-14)19-12-11-17(18)15-5-3-4-6-15/h7-10,13,15,17H,3-6,11-12,18H2,1-2H3. The molecule has 1 aromatic rings. The van der Waals surface area contributed by atoms with Gasteiger partial charge >= 0.3 is 0 Å². The highest BCUT2D eigenvalue weighted by molar-refractivity contribution is 5.28. The summed E-state index contributed by atoms with van der Waals surface area (Å²) in [5, 5.41) is 0. The first-order valence-electron chi connectivity index (χ1n) is 7.65. The molecule has 106 valence electrons. The molecule has 1 aromatic carbocycles. The molecule has 0 saturated heterocycles. The van der Waals surface area contributed by atoms with Crippen molar-refractivity contribution in [1.29, 1.82) is 0 Å². The zero-order chi connectivity index (χ0) is 13.7. The van der Waals surface area contributed by atoms with Gasteiger partial charge in [-0.25, -0.2) is 0 Å². The van der Waals surface area contributed by atoms with E-state index >= 15 is 0 Å². The Kier molecular flexibility index (Phi) is 5.26. The first kappa shape index (κ1) is 14.4. The van der Waals surface area contributed by atoms with E-state index in [-0.39, 0.29) is 0 Å². The molecule has 19 heavy (non-hydrogen) atoms. The van der Waals surface area contributed by atoms with Crippen LogP contribution in [0.15, 0.2) is 24.3 Å². The summed E-state index contributed by atoms with van der Waals surface area (Å²) >= 11 is 0. The van der Waals surface area contributed by atoms with Crippen LogP contribution >= 0.6 is 0 Å². The Hall–Kier alpha value is -1.02. The van der Waals surface area contributed by atoms with E-state index in [1.165, 1.54) is 31.2 Å². The van der Waals surface area contributed by atoms with Gasteiger partial charge in [0.25, 0.3) is 0 Å². The van der Waals surface area contributed by atoms with Gasteiger partial charge in [-0.3, -0.25) is 0 Å². The Bertz CT molecular complexity index is 365. The predicted octanol–water partition coefficient (Wildman–Crippen LogP) is 4.10. The quantitative estimate of drug-likeness (QED) is 0.837. The molecule has 2 N–H and O–H groups in total. The van der Waals surface area contributed by atoms with Crippen molar-refractivity contribution in [2.75, 3.05) is 6.61 Å². The van der Waals surface area contributed by atoms with Crippen LogP contribution in [0.3, 0.4) is 0 Å². The number of rotatable bonds is 6. The van der Waals surface area contributed by atoms with Gasteiger partial charge in [0.2, 0.25) is 0 Å². The highest BCUT2D eigenvalue weighted by Crippen LogP contribution is 2.28. The van der Waals surface area contributed by atoms with Gasteiger partial charge in [-0.15, -0.1) is 0 Å². The number of hydrogen-bond donors (Lipinski definition) is 1. The van der Waals surface area contributed by atoms with Crippen molar-refractivity contribution in [3.63, 3.8) is 0 Å². The summed E-state index contributed by atoms with van der Waals surface area (Å²) in [5.74, 6) is 2.26. The fourth-order valence-electron chi connectivity index (χ4n) is 2.88. The third-order valence-corrected chi connectivity index (χ3v) is 4.27. The van der Waals surface area contributed by atoms with Gasteiger partial charge in [0.05, 0.1) is 6.61 Å². The second kappa shape index (κ2) is 6.95. The van der Waals surface area contributed by atoms with Gasteiger partial charge in [-0.05, 0) is 48.8 Å². The van der Waals surface area contributed by atoms with Crippen molar-refractivity contribution in [3.05, 3.63) is 29.8 Å². The lowest BCUT2D eigenvalue weighted by atomic mass is 9.97. The molecule has 0 aromatic heterocycles. The lowest BCUT2D eigenvalue weighted by molar-refractivity contribution is 0.274. The number of nitrogens with two attached hydrogens (primary N) is 1. The first-order chi connectivity index (χ1) is 9.16. The van der Waals surface area contributed by atoms with Crippen LogP contribution in [-0.2, 0) is 0 Å². The Morgan fingerprint density at radius 3 is 2.37 bits per heavy atom. The minimum absolute atomic E-state index is 0.317. The van der Waals surface area contributed by atoms with Crippen LogP contribution in [0.4, 0.5) is 0 Å². The van der Waals surface area contributed by atoms with Crippen molar-refractivity contribution in [3.8, 4) is 5.75 Å². The SMILES string of the molecule is CC(C)c1ccc(OCCC(N)C2CCCC2)cc1. The van der Waals surface area contributed by atoms with Crippen LogP contribution in [0.25, 0.3) is 0 Å². The molecule has 0 radical (unpaired) electrons. The Labute approximate surface area is 117 Å². The predicted molar refractivity (Wildman–Crippen MR) is 80.6 cm³/mol. The fraction of sp³-hybridized carbons (Fsp3) is 0.647. The van der Waals surface area contributed by atoms with E-state index in [9.17, 15) is 0 Å². The minimum Gasteiger partial charge on any atom is -0.494 e. The van der Waals surface area contributed by atoms with Crippen molar-refractivity contribution >= 4 is 0 Å². The van der Waals surface area contributed by atoms with E-state index in [2.05, 4.69) is 38.1 Å². The monoisotopic (exact) mass is 261 g/mol. The van der Waals surface area contributed by atoms with Gasteiger partial charge in [-0.1, -0.05) is 38.8 Å². The average Bonchev–Trinajstić information content (AvgIpc) is 2.93. The highest BCUT2D eigenvalue weighted by Gasteiger charge is 2.21. The zero-order valence-electron chi connectivity index (χ0n) is 12.3. The normalized spacial score (nSPS) is 17.9. The molecule has 2 nitrogen and oxygen atoms in total. The molecule has 0 aliphatic heterocycles. The molecule has 1 atom stereocenters. The Morgan fingerprint density at radius 2 is 1.79 bits per heavy atom. The molecular formula is C17H27NO. The van der Waals surface area contributed by atoms with E-state index in [4.69, 9.17) is 10.5 Å². The summed E-state index contributed by atoms with van der Waals surface area (Å²) in [6.07, 6.45) is 6.30. The molecule has 1 fully saturated rings. The summed E-state index contributed by atoms with van der Waals surface area (Å²) < 4.78 is 5.79. The van der Waals surface area contributed by atoms with Gasteiger partial charge < -0.3 is 10.5 Å². The first-order valence-corrected chi connectivity index (χ1v) is 7.65. The second-order valence-corrected chi connectivity index (χ2v) is 6.07. The van der Waals surface area contributed by atoms with Crippen molar-refractivity contribution in [2.24, 2.45) is 11.7 Å². The maximum Gasteiger partial charge on any atom is 0.119 e. The van der Waals surface area contributed by atoms with E-state index < -0.39 is 0 Å². The summed E-state index contributed by atoms with van der Waals surface area (Å²) in [6.45, 7) is 5.14.